The molecule has 1 atom stereocenters. The minimum atomic E-state index is -0.668. The molecular formula is C25H42O5. The van der Waals surface area contributed by atoms with Crippen LogP contribution in [0.5, 0.6) is 5.75 Å². The van der Waals surface area contributed by atoms with Gasteiger partial charge in [0, 0.05) is 0 Å². The van der Waals surface area contributed by atoms with E-state index in [1.807, 2.05) is 53.7 Å². The number of ether oxygens (including phenoxy) is 3. The molecule has 0 aromatic heterocycles. The van der Waals surface area contributed by atoms with E-state index < -0.39 is 11.8 Å². The van der Waals surface area contributed by atoms with Crippen LogP contribution in [0.2, 0.25) is 0 Å². The van der Waals surface area contributed by atoms with Gasteiger partial charge in [-0.3, -0.25) is 4.79 Å². The highest BCUT2D eigenvalue weighted by molar-refractivity contribution is 5.76. The summed E-state index contributed by atoms with van der Waals surface area (Å²) >= 11 is 0. The molecule has 0 N–H and O–H groups in total. The van der Waals surface area contributed by atoms with Gasteiger partial charge < -0.3 is 14.2 Å². The average molecular weight is 423 g/mol. The van der Waals surface area contributed by atoms with Gasteiger partial charge in [-0.05, 0) is 91.8 Å². The van der Waals surface area contributed by atoms with Gasteiger partial charge in [-0.25, -0.2) is 4.79 Å². The maximum absolute atomic E-state index is 11.5. The Labute approximate surface area is 183 Å². The summed E-state index contributed by atoms with van der Waals surface area (Å²) in [5.41, 5.74) is -0.0149. The first-order valence-electron chi connectivity index (χ1n) is 10.7. The van der Waals surface area contributed by atoms with Crippen molar-refractivity contribution in [2.45, 2.75) is 106 Å². The van der Waals surface area contributed by atoms with Crippen LogP contribution in [0.15, 0.2) is 24.3 Å². The molecule has 0 fully saturated rings. The van der Waals surface area contributed by atoms with Crippen molar-refractivity contribution in [3.05, 3.63) is 29.8 Å². The van der Waals surface area contributed by atoms with Crippen LogP contribution in [-0.2, 0) is 14.3 Å². The highest BCUT2D eigenvalue weighted by Crippen LogP contribution is 2.24. The van der Waals surface area contributed by atoms with Crippen molar-refractivity contribution in [2.24, 2.45) is 5.41 Å². The number of hydrogen-bond acceptors (Lipinski definition) is 5. The van der Waals surface area contributed by atoms with E-state index in [9.17, 15) is 9.59 Å². The molecule has 1 aromatic rings. The monoisotopic (exact) mass is 422 g/mol. The summed E-state index contributed by atoms with van der Waals surface area (Å²) < 4.78 is 15.4. The predicted octanol–water partition coefficient (Wildman–Crippen LogP) is 7.28. The molecule has 5 heteroatoms. The zero-order chi connectivity index (χ0) is 23.8. The molecule has 0 aliphatic heterocycles. The minimum absolute atomic E-state index is 0.113. The average Bonchev–Trinajstić information content (AvgIpc) is 2.59. The van der Waals surface area contributed by atoms with Crippen LogP contribution < -0.4 is 4.74 Å². The molecule has 5 nitrogen and oxygen atoms in total. The van der Waals surface area contributed by atoms with Crippen molar-refractivity contribution < 1.29 is 23.8 Å². The van der Waals surface area contributed by atoms with Crippen LogP contribution in [0.25, 0.3) is 0 Å². The summed E-state index contributed by atoms with van der Waals surface area (Å²) in [6.45, 7) is 21.2. The van der Waals surface area contributed by atoms with Crippen molar-refractivity contribution in [3.63, 3.8) is 0 Å². The minimum Gasteiger partial charge on any atom is -0.460 e. The summed E-state index contributed by atoms with van der Waals surface area (Å²) in [5.74, 6) is 0.911. The summed E-state index contributed by atoms with van der Waals surface area (Å²) in [4.78, 5) is 22.9. The fourth-order valence-electron chi connectivity index (χ4n) is 2.03. The molecule has 0 saturated carbocycles. The standard InChI is InChI=1S/C15H22O3.C10H20O2/c1-6-11(2)12-7-9-13(10-8-12)17-14(16)18-15(3,4)5;1-7-10(5,6)8(11)12-9(2,3)4/h7-11H,6H2,1-5H3;7H2,1-6H3. The quantitative estimate of drug-likeness (QED) is 0.368. The van der Waals surface area contributed by atoms with E-state index in [-0.39, 0.29) is 17.0 Å². The number of carbonyl (C=O) groups excluding carboxylic acids is 2. The van der Waals surface area contributed by atoms with Gasteiger partial charge in [0.15, 0.2) is 0 Å². The van der Waals surface area contributed by atoms with Crippen molar-refractivity contribution >= 4 is 12.1 Å². The first-order valence-corrected chi connectivity index (χ1v) is 10.7. The highest BCUT2D eigenvalue weighted by atomic mass is 16.7. The zero-order valence-electron chi connectivity index (χ0n) is 20.8. The van der Waals surface area contributed by atoms with Crippen LogP contribution in [0, 0.1) is 5.41 Å². The smallest absolute Gasteiger partial charge is 0.460 e. The molecule has 172 valence electrons. The first-order chi connectivity index (χ1) is 13.5. The third-order valence-electron chi connectivity index (χ3n) is 4.49. The summed E-state index contributed by atoms with van der Waals surface area (Å²) in [6.07, 6.45) is 1.23. The van der Waals surface area contributed by atoms with E-state index in [0.717, 1.165) is 12.8 Å². The Kier molecular flexibility index (Phi) is 10.6. The molecule has 0 amide bonds. The van der Waals surface area contributed by atoms with E-state index in [2.05, 4.69) is 13.8 Å². The molecule has 0 heterocycles. The van der Waals surface area contributed by atoms with Crippen LogP contribution in [-0.4, -0.2) is 23.3 Å². The SMILES string of the molecule is CCC(C)(C)C(=O)OC(C)(C)C.CCC(C)c1ccc(OC(=O)OC(C)(C)C)cc1. The molecule has 1 unspecified atom stereocenters. The van der Waals surface area contributed by atoms with Gasteiger partial charge in [-0.15, -0.1) is 0 Å². The second-order valence-electron chi connectivity index (χ2n) is 10.2. The van der Waals surface area contributed by atoms with Crippen LogP contribution in [0.3, 0.4) is 0 Å². The lowest BCUT2D eigenvalue weighted by Crippen LogP contribution is -2.33. The van der Waals surface area contributed by atoms with E-state index in [0.29, 0.717) is 11.7 Å². The van der Waals surface area contributed by atoms with Gasteiger partial charge in [-0.1, -0.05) is 32.9 Å². The Morgan fingerprint density at radius 1 is 0.833 bits per heavy atom. The third-order valence-corrected chi connectivity index (χ3v) is 4.49. The predicted molar refractivity (Wildman–Crippen MR) is 122 cm³/mol. The van der Waals surface area contributed by atoms with Gasteiger partial charge in [-0.2, -0.15) is 0 Å². The molecule has 0 radical (unpaired) electrons. The summed E-state index contributed by atoms with van der Waals surface area (Å²) in [6, 6.07) is 7.55. The third kappa shape index (κ3) is 11.8. The largest absolute Gasteiger partial charge is 0.514 e. The zero-order valence-corrected chi connectivity index (χ0v) is 20.8. The van der Waals surface area contributed by atoms with Gasteiger partial charge in [0.05, 0.1) is 5.41 Å². The molecule has 0 aliphatic rings. The lowest BCUT2D eigenvalue weighted by Gasteiger charge is -2.27. The Morgan fingerprint density at radius 2 is 1.30 bits per heavy atom. The van der Waals surface area contributed by atoms with Crippen molar-refractivity contribution in [1.82, 2.24) is 0 Å². The fourth-order valence-corrected chi connectivity index (χ4v) is 2.03. The van der Waals surface area contributed by atoms with E-state index in [1.165, 1.54) is 5.56 Å². The molecular weight excluding hydrogens is 380 g/mol. The van der Waals surface area contributed by atoms with Gasteiger partial charge >= 0.3 is 12.1 Å². The van der Waals surface area contributed by atoms with Crippen LogP contribution in [0.4, 0.5) is 4.79 Å². The Bertz CT molecular complexity index is 660. The van der Waals surface area contributed by atoms with Crippen molar-refractivity contribution in [2.75, 3.05) is 0 Å². The lowest BCUT2D eigenvalue weighted by molar-refractivity contribution is -0.165. The van der Waals surface area contributed by atoms with Gasteiger partial charge in [0.1, 0.15) is 17.0 Å². The molecule has 1 aromatic carbocycles. The molecule has 0 saturated heterocycles. The summed E-state index contributed by atoms with van der Waals surface area (Å²) in [7, 11) is 0. The molecule has 0 aliphatic carbocycles. The van der Waals surface area contributed by atoms with E-state index in [1.54, 1.807) is 32.9 Å². The number of carbonyl (C=O) groups is 2. The van der Waals surface area contributed by atoms with Gasteiger partial charge in [0.2, 0.25) is 0 Å². The normalized spacial score (nSPS) is 12.9. The molecule has 0 bridgehead atoms. The Balaban J connectivity index is 0.000000612. The number of benzene rings is 1. The highest BCUT2D eigenvalue weighted by Gasteiger charge is 2.30. The maximum atomic E-state index is 11.5. The van der Waals surface area contributed by atoms with Crippen molar-refractivity contribution in [1.29, 1.82) is 0 Å². The van der Waals surface area contributed by atoms with Crippen molar-refractivity contribution in [3.8, 4) is 5.75 Å². The van der Waals surface area contributed by atoms with Crippen LogP contribution in [0.1, 0.15) is 100 Å². The molecule has 1 rings (SSSR count). The second-order valence-corrected chi connectivity index (χ2v) is 10.2. The fraction of sp³-hybridized carbons (Fsp3) is 0.680. The topological polar surface area (TPSA) is 61.8 Å². The molecule has 30 heavy (non-hydrogen) atoms. The van der Waals surface area contributed by atoms with Crippen LogP contribution >= 0.6 is 0 Å². The summed E-state index contributed by atoms with van der Waals surface area (Å²) in [5, 5.41) is 0. The number of rotatable bonds is 5. The lowest BCUT2D eigenvalue weighted by atomic mass is 9.90. The van der Waals surface area contributed by atoms with E-state index in [4.69, 9.17) is 14.2 Å². The van der Waals surface area contributed by atoms with Gasteiger partial charge in [0.25, 0.3) is 0 Å². The maximum Gasteiger partial charge on any atom is 0.514 e. The Hall–Kier alpha value is -2.04. The molecule has 0 spiro atoms. The first kappa shape index (κ1) is 28.0. The number of hydrogen-bond donors (Lipinski definition) is 0. The van der Waals surface area contributed by atoms with E-state index >= 15 is 0 Å². The second kappa shape index (κ2) is 11.4. The number of esters is 1. The Morgan fingerprint density at radius 3 is 1.67 bits per heavy atom.